The lowest BCUT2D eigenvalue weighted by molar-refractivity contribution is 0.441. The average molecular weight is 273 g/mol. The van der Waals surface area contributed by atoms with E-state index in [1.54, 1.807) is 0 Å². The molecule has 3 aromatic carbocycles. The van der Waals surface area contributed by atoms with Gasteiger partial charge in [-0.05, 0) is 40.9 Å². The van der Waals surface area contributed by atoms with Crippen LogP contribution in [0.15, 0.2) is 66.7 Å². The molecule has 0 aliphatic heterocycles. The first kappa shape index (κ1) is 12.6. The molecule has 0 bridgehead atoms. The first-order valence-electron chi connectivity index (χ1n) is 7.61. The highest BCUT2D eigenvalue weighted by molar-refractivity contribution is 5.86. The molecule has 0 spiro atoms. The second-order valence-electron chi connectivity index (χ2n) is 5.84. The second-order valence-corrected chi connectivity index (χ2v) is 5.84. The molecular weight excluding hydrogens is 254 g/mol. The van der Waals surface area contributed by atoms with Gasteiger partial charge in [0.1, 0.15) is 0 Å². The lowest BCUT2D eigenvalue weighted by atomic mass is 9.71. The van der Waals surface area contributed by atoms with Gasteiger partial charge in [0.15, 0.2) is 0 Å². The molecule has 3 aromatic rings. The van der Waals surface area contributed by atoms with Crippen LogP contribution in [0.5, 0.6) is 0 Å². The highest BCUT2D eigenvalue weighted by Crippen LogP contribution is 2.44. The minimum Gasteiger partial charge on any atom is -0.312 e. The maximum absolute atomic E-state index is 3.55. The molecule has 0 heterocycles. The van der Waals surface area contributed by atoms with E-state index in [2.05, 4.69) is 79.1 Å². The molecule has 0 saturated carbocycles. The van der Waals surface area contributed by atoms with Crippen molar-refractivity contribution in [3.05, 3.63) is 83.4 Å². The van der Waals surface area contributed by atoms with E-state index in [-0.39, 0.29) is 0 Å². The Bertz CT molecular complexity index is 785. The van der Waals surface area contributed by atoms with Gasteiger partial charge in [0.05, 0.1) is 0 Å². The molecule has 2 unspecified atom stereocenters. The van der Waals surface area contributed by atoms with E-state index in [4.69, 9.17) is 0 Å². The molecule has 21 heavy (non-hydrogen) atoms. The van der Waals surface area contributed by atoms with Crippen molar-refractivity contribution < 1.29 is 0 Å². The summed E-state index contributed by atoms with van der Waals surface area (Å²) < 4.78 is 0. The van der Waals surface area contributed by atoms with E-state index in [1.807, 2.05) is 0 Å². The van der Waals surface area contributed by atoms with Crippen LogP contribution in [0.4, 0.5) is 0 Å². The Hall–Kier alpha value is -2.12. The third-order valence-corrected chi connectivity index (χ3v) is 4.77. The van der Waals surface area contributed by atoms with E-state index >= 15 is 0 Å². The fraction of sp³-hybridized carbons (Fsp3) is 0.200. The molecule has 0 amide bonds. The van der Waals surface area contributed by atoms with Crippen LogP contribution < -0.4 is 5.32 Å². The van der Waals surface area contributed by atoms with Crippen molar-refractivity contribution in [2.45, 2.75) is 18.4 Å². The Balaban J connectivity index is 1.80. The minimum absolute atomic E-state index is 0.381. The highest BCUT2D eigenvalue weighted by atomic mass is 14.9. The molecule has 4 rings (SSSR count). The summed E-state index contributed by atoms with van der Waals surface area (Å²) in [5.74, 6) is 0.581. The Morgan fingerprint density at radius 2 is 1.67 bits per heavy atom. The Morgan fingerprint density at radius 3 is 2.52 bits per heavy atom. The van der Waals surface area contributed by atoms with Crippen LogP contribution in [0.2, 0.25) is 0 Å². The summed E-state index contributed by atoms with van der Waals surface area (Å²) >= 11 is 0. The van der Waals surface area contributed by atoms with Gasteiger partial charge in [-0.25, -0.2) is 0 Å². The van der Waals surface area contributed by atoms with Gasteiger partial charge in [-0.15, -0.1) is 0 Å². The smallest absolute Gasteiger partial charge is 0.0396 e. The zero-order valence-corrected chi connectivity index (χ0v) is 12.2. The summed E-state index contributed by atoms with van der Waals surface area (Å²) in [6.45, 7) is 0. The Labute approximate surface area is 125 Å². The molecule has 104 valence electrons. The Kier molecular flexibility index (Phi) is 3.01. The lowest BCUT2D eigenvalue weighted by Crippen LogP contribution is -2.31. The van der Waals surface area contributed by atoms with Gasteiger partial charge < -0.3 is 5.32 Å². The van der Waals surface area contributed by atoms with Crippen LogP contribution in [0.25, 0.3) is 10.8 Å². The van der Waals surface area contributed by atoms with Gasteiger partial charge in [0.25, 0.3) is 0 Å². The average Bonchev–Trinajstić information content (AvgIpc) is 2.52. The van der Waals surface area contributed by atoms with Crippen molar-refractivity contribution in [2.24, 2.45) is 0 Å². The van der Waals surface area contributed by atoms with Gasteiger partial charge in [0, 0.05) is 12.0 Å². The molecule has 0 fully saturated rings. The lowest BCUT2D eigenvalue weighted by Gasteiger charge is -2.37. The molecule has 1 heteroatoms. The maximum Gasteiger partial charge on any atom is 0.0396 e. The monoisotopic (exact) mass is 273 g/mol. The summed E-state index contributed by atoms with van der Waals surface area (Å²) in [4.78, 5) is 0. The largest absolute Gasteiger partial charge is 0.312 e. The van der Waals surface area contributed by atoms with Gasteiger partial charge in [-0.1, -0.05) is 66.7 Å². The molecular formula is C20H19N. The fourth-order valence-electron chi connectivity index (χ4n) is 3.69. The molecule has 1 nitrogen and oxygen atoms in total. The molecule has 0 saturated heterocycles. The first-order chi connectivity index (χ1) is 10.4. The summed E-state index contributed by atoms with van der Waals surface area (Å²) in [5, 5.41) is 6.24. The van der Waals surface area contributed by atoms with Crippen LogP contribution in [0, 0.1) is 0 Å². The van der Waals surface area contributed by atoms with Crippen molar-refractivity contribution in [2.75, 3.05) is 7.05 Å². The van der Waals surface area contributed by atoms with E-state index in [1.165, 1.54) is 33.9 Å². The number of hydrogen-bond acceptors (Lipinski definition) is 1. The predicted molar refractivity (Wildman–Crippen MR) is 88.6 cm³/mol. The van der Waals surface area contributed by atoms with E-state index in [9.17, 15) is 0 Å². The number of rotatable bonds is 3. The number of nitrogens with one attached hydrogen (secondary N) is 1. The van der Waals surface area contributed by atoms with Crippen LogP contribution >= 0.6 is 0 Å². The summed E-state index contributed by atoms with van der Waals surface area (Å²) in [6.07, 6.45) is 1.17. The molecule has 2 atom stereocenters. The van der Waals surface area contributed by atoms with Crippen LogP contribution in [0.3, 0.4) is 0 Å². The van der Waals surface area contributed by atoms with Crippen molar-refractivity contribution in [1.82, 2.24) is 5.32 Å². The van der Waals surface area contributed by atoms with E-state index in [0.29, 0.717) is 12.0 Å². The number of hydrogen-bond donors (Lipinski definition) is 1. The number of benzene rings is 3. The molecule has 1 N–H and O–H groups in total. The quantitative estimate of drug-likeness (QED) is 0.744. The van der Waals surface area contributed by atoms with E-state index in [0.717, 1.165) is 0 Å². The summed E-state index contributed by atoms with van der Waals surface area (Å²) in [6, 6.07) is 24.5. The van der Waals surface area contributed by atoms with Gasteiger partial charge in [-0.3, -0.25) is 0 Å². The SMILES string of the molecule is CNC(c1cccc2ccccc12)C1Cc2ccccc21. The molecule has 1 aliphatic carbocycles. The van der Waals surface area contributed by atoms with Crippen LogP contribution in [-0.2, 0) is 6.42 Å². The third-order valence-electron chi connectivity index (χ3n) is 4.77. The summed E-state index contributed by atoms with van der Waals surface area (Å²) in [7, 11) is 2.08. The van der Waals surface area contributed by atoms with Crippen LogP contribution in [0.1, 0.15) is 28.7 Å². The first-order valence-corrected chi connectivity index (χ1v) is 7.61. The van der Waals surface area contributed by atoms with Crippen LogP contribution in [-0.4, -0.2) is 7.05 Å². The number of likely N-dealkylation sites (N-methyl/N-ethyl adjacent to an activating group) is 1. The fourth-order valence-corrected chi connectivity index (χ4v) is 3.69. The third kappa shape index (κ3) is 1.97. The molecule has 0 aromatic heterocycles. The maximum atomic E-state index is 3.55. The topological polar surface area (TPSA) is 12.0 Å². The predicted octanol–water partition coefficient (Wildman–Crippen LogP) is 4.44. The van der Waals surface area contributed by atoms with Gasteiger partial charge in [0.2, 0.25) is 0 Å². The molecule has 0 radical (unpaired) electrons. The minimum atomic E-state index is 0.381. The normalized spacial score (nSPS) is 18.0. The zero-order chi connectivity index (χ0) is 14.2. The standard InChI is InChI=1S/C20H19N/c1-21-20(19-13-15-8-3-5-11-17(15)19)18-12-6-9-14-7-2-4-10-16(14)18/h2-12,19-21H,13H2,1H3. The summed E-state index contributed by atoms with van der Waals surface area (Å²) in [5.41, 5.74) is 4.42. The van der Waals surface area contributed by atoms with Crippen molar-refractivity contribution >= 4 is 10.8 Å². The second kappa shape index (κ2) is 5.01. The van der Waals surface area contributed by atoms with Crippen molar-refractivity contribution in [3.8, 4) is 0 Å². The zero-order valence-electron chi connectivity index (χ0n) is 12.2. The Morgan fingerprint density at radius 1 is 0.905 bits per heavy atom. The van der Waals surface area contributed by atoms with E-state index < -0.39 is 0 Å². The van der Waals surface area contributed by atoms with Gasteiger partial charge >= 0.3 is 0 Å². The number of fused-ring (bicyclic) bond motifs is 2. The highest BCUT2D eigenvalue weighted by Gasteiger charge is 2.33. The van der Waals surface area contributed by atoms with Crippen molar-refractivity contribution in [3.63, 3.8) is 0 Å². The van der Waals surface area contributed by atoms with Gasteiger partial charge in [-0.2, -0.15) is 0 Å². The van der Waals surface area contributed by atoms with Crippen molar-refractivity contribution in [1.29, 1.82) is 0 Å². The molecule has 1 aliphatic rings.